The molecule has 0 aromatic heterocycles. The highest BCUT2D eigenvalue weighted by molar-refractivity contribution is 9.10. The number of ether oxygens (including phenoxy) is 2. The number of methoxy groups -OCH3 is 2. The minimum Gasteiger partial charge on any atom is -0.496 e. The fourth-order valence-corrected chi connectivity index (χ4v) is 4.06. The quantitative estimate of drug-likeness (QED) is 0.672. The molecule has 0 radical (unpaired) electrons. The first-order valence-corrected chi connectivity index (χ1v) is 10.4. The number of rotatable bonds is 7. The lowest BCUT2D eigenvalue weighted by molar-refractivity contribution is -0.116. The van der Waals surface area contributed by atoms with E-state index in [1.807, 2.05) is 30.3 Å². The number of hydrogen-bond acceptors (Lipinski definition) is 4. The molecule has 0 aliphatic carbocycles. The van der Waals surface area contributed by atoms with Crippen LogP contribution in [0.5, 0.6) is 5.75 Å². The monoisotopic (exact) mass is 446 g/mol. The first-order chi connectivity index (χ1) is 13.6. The molecule has 6 heteroatoms. The summed E-state index contributed by atoms with van der Waals surface area (Å²) < 4.78 is 11.6. The number of halogens is 1. The molecular weight excluding hydrogens is 420 g/mol. The maximum absolute atomic E-state index is 12.3. The van der Waals surface area contributed by atoms with Gasteiger partial charge in [0.25, 0.3) is 0 Å². The summed E-state index contributed by atoms with van der Waals surface area (Å²) in [6.07, 6.45) is 3.66. The van der Waals surface area contributed by atoms with Gasteiger partial charge in [0.1, 0.15) is 5.75 Å². The maximum atomic E-state index is 12.3. The van der Waals surface area contributed by atoms with Crippen LogP contribution in [0.4, 0.5) is 11.4 Å². The van der Waals surface area contributed by atoms with Crippen LogP contribution >= 0.6 is 15.9 Å². The summed E-state index contributed by atoms with van der Waals surface area (Å²) in [4.78, 5) is 14.6. The van der Waals surface area contributed by atoms with Crippen molar-refractivity contribution >= 4 is 33.2 Å². The van der Waals surface area contributed by atoms with Crippen molar-refractivity contribution in [1.82, 2.24) is 0 Å². The highest BCUT2D eigenvalue weighted by atomic mass is 79.9. The molecule has 0 bridgehead atoms. The molecule has 150 valence electrons. The van der Waals surface area contributed by atoms with Crippen molar-refractivity contribution in [3.05, 3.63) is 52.5 Å². The Bertz CT molecular complexity index is 795. The zero-order chi connectivity index (χ0) is 19.9. The Morgan fingerprint density at radius 3 is 2.68 bits per heavy atom. The van der Waals surface area contributed by atoms with Gasteiger partial charge >= 0.3 is 0 Å². The minimum atomic E-state index is 0.0112. The number of carbonyl (C=O) groups is 1. The zero-order valence-corrected chi connectivity index (χ0v) is 18.0. The number of benzene rings is 2. The van der Waals surface area contributed by atoms with Gasteiger partial charge in [-0.1, -0.05) is 6.07 Å². The van der Waals surface area contributed by atoms with Gasteiger partial charge in [0.2, 0.25) is 5.91 Å². The van der Waals surface area contributed by atoms with E-state index in [1.54, 1.807) is 14.2 Å². The molecular formula is C22H27BrN2O3. The second-order valence-electron chi connectivity index (χ2n) is 7.01. The summed E-state index contributed by atoms with van der Waals surface area (Å²) in [6.45, 7) is 1.96. The Morgan fingerprint density at radius 1 is 1.21 bits per heavy atom. The molecule has 2 aromatic carbocycles. The zero-order valence-electron chi connectivity index (χ0n) is 16.4. The average molecular weight is 447 g/mol. The third kappa shape index (κ3) is 5.49. The molecule has 2 aromatic rings. The summed E-state index contributed by atoms with van der Waals surface area (Å²) in [7, 11) is 3.41. The van der Waals surface area contributed by atoms with Gasteiger partial charge in [-0.2, -0.15) is 0 Å². The Labute approximate surface area is 175 Å². The van der Waals surface area contributed by atoms with E-state index < -0.39 is 0 Å². The molecule has 0 spiro atoms. The van der Waals surface area contributed by atoms with Crippen molar-refractivity contribution in [2.75, 3.05) is 37.5 Å². The lowest BCUT2D eigenvalue weighted by Gasteiger charge is -2.33. The van der Waals surface area contributed by atoms with Crippen LogP contribution in [0.15, 0.2) is 46.9 Å². The number of nitrogens with one attached hydrogen (secondary N) is 1. The topological polar surface area (TPSA) is 50.8 Å². The molecule has 1 unspecified atom stereocenters. The molecule has 1 aliphatic heterocycles. The lowest BCUT2D eigenvalue weighted by atomic mass is 10.1. The van der Waals surface area contributed by atoms with E-state index in [4.69, 9.17) is 9.47 Å². The Kier molecular flexibility index (Phi) is 7.34. The third-order valence-corrected chi connectivity index (χ3v) is 5.70. The van der Waals surface area contributed by atoms with E-state index in [2.05, 4.69) is 38.3 Å². The van der Waals surface area contributed by atoms with Gasteiger partial charge in [-0.15, -0.1) is 0 Å². The molecule has 5 nitrogen and oxygen atoms in total. The van der Waals surface area contributed by atoms with E-state index in [0.29, 0.717) is 18.9 Å². The van der Waals surface area contributed by atoms with Crippen LogP contribution < -0.4 is 15.0 Å². The van der Waals surface area contributed by atoms with Gasteiger partial charge in [0.15, 0.2) is 0 Å². The van der Waals surface area contributed by atoms with Crippen molar-refractivity contribution in [3.63, 3.8) is 0 Å². The fourth-order valence-electron chi connectivity index (χ4n) is 3.47. The van der Waals surface area contributed by atoms with E-state index in [1.165, 1.54) is 5.69 Å². The van der Waals surface area contributed by atoms with Crippen LogP contribution in [-0.2, 0) is 16.0 Å². The van der Waals surface area contributed by atoms with Gasteiger partial charge in [-0.3, -0.25) is 4.79 Å². The van der Waals surface area contributed by atoms with E-state index in [-0.39, 0.29) is 5.91 Å². The summed E-state index contributed by atoms with van der Waals surface area (Å²) in [6, 6.07) is 13.9. The summed E-state index contributed by atoms with van der Waals surface area (Å²) >= 11 is 3.48. The van der Waals surface area contributed by atoms with Gasteiger partial charge in [0, 0.05) is 38.0 Å². The molecule has 1 amide bonds. The highest BCUT2D eigenvalue weighted by Gasteiger charge is 2.19. The molecule has 0 saturated carbocycles. The van der Waals surface area contributed by atoms with Gasteiger partial charge < -0.3 is 19.7 Å². The molecule has 1 heterocycles. The Hall–Kier alpha value is -2.05. The molecule has 3 rings (SSSR count). The van der Waals surface area contributed by atoms with Crippen LogP contribution in [-0.4, -0.2) is 39.3 Å². The second kappa shape index (κ2) is 9.94. The minimum absolute atomic E-state index is 0.0112. The molecule has 1 N–H and O–H groups in total. The first-order valence-electron chi connectivity index (χ1n) is 9.59. The fraction of sp³-hybridized carbons (Fsp3) is 0.409. The number of piperidine rings is 1. The van der Waals surface area contributed by atoms with Crippen LogP contribution in [0.2, 0.25) is 0 Å². The van der Waals surface area contributed by atoms with E-state index in [0.717, 1.165) is 47.4 Å². The average Bonchev–Trinajstić information content (AvgIpc) is 2.73. The van der Waals surface area contributed by atoms with Crippen molar-refractivity contribution in [1.29, 1.82) is 0 Å². The summed E-state index contributed by atoms with van der Waals surface area (Å²) in [5, 5.41) is 2.98. The van der Waals surface area contributed by atoms with Gasteiger partial charge in [0.05, 0.1) is 17.7 Å². The smallest absolute Gasteiger partial charge is 0.224 e. The second-order valence-corrected chi connectivity index (χ2v) is 7.86. The Morgan fingerprint density at radius 2 is 2.00 bits per heavy atom. The normalized spacial score (nSPS) is 16.7. The first kappa shape index (κ1) is 20.7. The van der Waals surface area contributed by atoms with Crippen LogP contribution in [0.3, 0.4) is 0 Å². The number of carbonyl (C=O) groups excluding carboxylic acids is 1. The number of amides is 1. The number of anilines is 2. The van der Waals surface area contributed by atoms with Crippen LogP contribution in [0.1, 0.15) is 24.8 Å². The number of aryl methyl sites for hydroxylation is 1. The lowest BCUT2D eigenvalue weighted by Crippen LogP contribution is -2.39. The van der Waals surface area contributed by atoms with Gasteiger partial charge in [-0.25, -0.2) is 0 Å². The standard InChI is InChI=1S/C22H27BrN2O3/c1-27-19-4-3-13-25(15-19)18-9-7-17(8-10-18)24-22(26)12-6-16-5-11-21(28-2)20(23)14-16/h5,7-11,14,19H,3-4,6,12-13,15H2,1-2H3,(H,24,26). The SMILES string of the molecule is COc1ccc(CCC(=O)Nc2ccc(N3CCCC(OC)C3)cc2)cc1Br. The summed E-state index contributed by atoms with van der Waals surface area (Å²) in [5.74, 6) is 0.802. The summed E-state index contributed by atoms with van der Waals surface area (Å²) in [5.41, 5.74) is 3.09. The highest BCUT2D eigenvalue weighted by Crippen LogP contribution is 2.26. The van der Waals surface area contributed by atoms with Crippen LogP contribution in [0, 0.1) is 0 Å². The van der Waals surface area contributed by atoms with E-state index >= 15 is 0 Å². The van der Waals surface area contributed by atoms with E-state index in [9.17, 15) is 4.79 Å². The molecule has 1 atom stereocenters. The van der Waals surface area contributed by atoms with Gasteiger partial charge in [-0.05, 0) is 77.2 Å². The molecule has 28 heavy (non-hydrogen) atoms. The largest absolute Gasteiger partial charge is 0.496 e. The van der Waals surface area contributed by atoms with Crippen molar-refractivity contribution in [2.45, 2.75) is 31.8 Å². The number of nitrogens with zero attached hydrogens (tertiary/aromatic N) is 1. The van der Waals surface area contributed by atoms with Crippen LogP contribution in [0.25, 0.3) is 0 Å². The molecule has 1 fully saturated rings. The maximum Gasteiger partial charge on any atom is 0.224 e. The molecule has 1 saturated heterocycles. The molecule has 1 aliphatic rings. The predicted octanol–water partition coefficient (Wildman–Crippen LogP) is 4.64. The number of hydrogen-bond donors (Lipinski definition) is 1. The third-order valence-electron chi connectivity index (χ3n) is 5.08. The Balaban J connectivity index is 1.51. The predicted molar refractivity (Wildman–Crippen MR) is 116 cm³/mol. The van der Waals surface area contributed by atoms with Crippen molar-refractivity contribution < 1.29 is 14.3 Å². The van der Waals surface area contributed by atoms with Crippen molar-refractivity contribution in [2.24, 2.45) is 0 Å². The van der Waals surface area contributed by atoms with Crippen molar-refractivity contribution in [3.8, 4) is 5.75 Å².